The number of nitrogens with one attached hydrogen (secondary N) is 2. The van der Waals surface area contributed by atoms with E-state index in [1.54, 1.807) is 0 Å². The number of para-hydroxylation sites is 2. The zero-order valence-corrected chi connectivity index (χ0v) is 31.3. The largest absolute Gasteiger partial charge is 0.376 e. The third-order valence-corrected chi connectivity index (χ3v) is 10.3. The molecule has 48 heavy (non-hydrogen) atoms. The van der Waals surface area contributed by atoms with E-state index >= 15 is 0 Å². The van der Waals surface area contributed by atoms with E-state index in [0.717, 1.165) is 109 Å². The van der Waals surface area contributed by atoms with Gasteiger partial charge in [-0.15, -0.1) is 0 Å². The molecule has 268 valence electrons. The number of anilines is 2. The van der Waals surface area contributed by atoms with E-state index < -0.39 is 0 Å². The maximum absolute atomic E-state index is 13.6. The number of unbranched alkanes of at least 4 members (excludes halogenated alkanes) is 6. The number of rotatable bonds is 21. The minimum absolute atomic E-state index is 0.0486. The number of likely N-dealkylation sites (tertiary alicyclic amines) is 1. The molecule has 2 N–H and O–H groups in total. The maximum Gasteiger partial charge on any atom is 0.279 e. The van der Waals surface area contributed by atoms with Crippen molar-refractivity contribution in [1.29, 1.82) is 0 Å². The third-order valence-electron chi connectivity index (χ3n) is 10.3. The van der Waals surface area contributed by atoms with Crippen molar-refractivity contribution in [2.75, 3.05) is 63.1 Å². The first-order valence-electron chi connectivity index (χ1n) is 19.1. The fourth-order valence-corrected chi connectivity index (χ4v) is 7.41. The summed E-state index contributed by atoms with van der Waals surface area (Å²) in [6.07, 6.45) is 13.7. The molecule has 7 heteroatoms. The molecule has 1 aliphatic rings. The fraction of sp³-hybridized carbons (Fsp3) is 0.659. The highest BCUT2D eigenvalue weighted by molar-refractivity contribution is 5.96. The topological polar surface area (TPSA) is 70.7 Å². The van der Waals surface area contributed by atoms with Crippen LogP contribution in [0.3, 0.4) is 0 Å². The number of amides is 2. The molecule has 0 aromatic heterocycles. The Morgan fingerprint density at radius 2 is 1.33 bits per heavy atom. The third kappa shape index (κ3) is 12.9. The van der Waals surface area contributed by atoms with Crippen LogP contribution in [-0.2, 0) is 14.3 Å². The summed E-state index contributed by atoms with van der Waals surface area (Å²) >= 11 is 0. The van der Waals surface area contributed by atoms with Gasteiger partial charge in [0.15, 0.2) is 6.54 Å². The van der Waals surface area contributed by atoms with Crippen molar-refractivity contribution in [3.05, 3.63) is 58.7 Å². The lowest BCUT2D eigenvalue weighted by Crippen LogP contribution is -2.55. The molecule has 1 aliphatic heterocycles. The molecule has 2 unspecified atom stereocenters. The van der Waals surface area contributed by atoms with Gasteiger partial charge in [-0.25, -0.2) is 0 Å². The van der Waals surface area contributed by atoms with E-state index in [1.165, 1.54) is 38.5 Å². The zero-order valence-electron chi connectivity index (χ0n) is 31.3. The number of carbonyl (C=O) groups is 2. The molecule has 2 atom stereocenters. The molecule has 0 spiro atoms. The SMILES string of the molecule is CCCCC[N+](CCCCCCCN1CCCCCC1C(=O)Nc1c(C)cccc1C)(CCOCC)CC(=O)Nc1c(C)cccc1C. The van der Waals surface area contributed by atoms with Gasteiger partial charge in [0.1, 0.15) is 6.54 Å². The molecular weight excluding hydrogens is 596 g/mol. The minimum atomic E-state index is -0.0486. The molecule has 1 fully saturated rings. The first-order valence-corrected chi connectivity index (χ1v) is 19.1. The van der Waals surface area contributed by atoms with Gasteiger partial charge >= 0.3 is 0 Å². The summed E-state index contributed by atoms with van der Waals surface area (Å²) in [7, 11) is 0. The van der Waals surface area contributed by atoms with E-state index in [1.807, 2.05) is 13.0 Å². The Bertz CT molecular complexity index is 1210. The predicted octanol–water partition coefficient (Wildman–Crippen LogP) is 8.74. The van der Waals surface area contributed by atoms with Gasteiger partial charge < -0.3 is 19.9 Å². The Balaban J connectivity index is 1.54. The number of nitrogens with zero attached hydrogens (tertiary/aromatic N) is 2. The van der Waals surface area contributed by atoms with Crippen LogP contribution in [0.5, 0.6) is 0 Å². The van der Waals surface area contributed by atoms with Crippen molar-refractivity contribution >= 4 is 23.2 Å². The number of aryl methyl sites for hydroxylation is 4. The second-order valence-electron chi connectivity index (χ2n) is 14.3. The second-order valence-corrected chi connectivity index (χ2v) is 14.3. The van der Waals surface area contributed by atoms with Gasteiger partial charge in [0.05, 0.1) is 25.7 Å². The summed E-state index contributed by atoms with van der Waals surface area (Å²) in [6.45, 7) is 19.3. The lowest BCUT2D eigenvalue weighted by atomic mass is 10.1. The lowest BCUT2D eigenvalue weighted by Gasteiger charge is -2.38. The van der Waals surface area contributed by atoms with Gasteiger partial charge in [-0.1, -0.05) is 75.4 Å². The molecule has 0 aliphatic carbocycles. The molecular formula is C41H67N4O3+. The highest BCUT2D eigenvalue weighted by atomic mass is 16.5. The van der Waals surface area contributed by atoms with Gasteiger partial charge in [0.2, 0.25) is 5.91 Å². The van der Waals surface area contributed by atoms with Crippen LogP contribution in [0.25, 0.3) is 0 Å². The average Bonchev–Trinajstić information content (AvgIpc) is 3.30. The van der Waals surface area contributed by atoms with Gasteiger partial charge in [-0.3, -0.25) is 14.5 Å². The van der Waals surface area contributed by atoms with E-state index in [2.05, 4.69) is 80.5 Å². The Hall–Kier alpha value is -2.74. The van der Waals surface area contributed by atoms with Crippen molar-refractivity contribution in [2.45, 2.75) is 125 Å². The van der Waals surface area contributed by atoms with Crippen LogP contribution in [0.2, 0.25) is 0 Å². The molecule has 7 nitrogen and oxygen atoms in total. The first kappa shape index (κ1) is 39.7. The Labute approximate surface area is 292 Å². The van der Waals surface area contributed by atoms with Crippen LogP contribution >= 0.6 is 0 Å². The van der Waals surface area contributed by atoms with Crippen molar-refractivity contribution < 1.29 is 18.8 Å². The average molecular weight is 664 g/mol. The summed E-state index contributed by atoms with van der Waals surface area (Å²) in [5, 5.41) is 6.56. The number of quaternary nitrogens is 1. The van der Waals surface area contributed by atoms with Crippen LogP contribution < -0.4 is 10.6 Å². The second kappa shape index (κ2) is 21.4. The molecule has 0 bridgehead atoms. The van der Waals surface area contributed by atoms with E-state index in [4.69, 9.17) is 4.74 Å². The number of hydrogen-bond acceptors (Lipinski definition) is 4. The standard InChI is InChI=1S/C41H66N4O3/c1-7-9-17-28-45(30-31-48-8-2,32-38(46)42-39-33(3)21-19-22-34(39)4)29-18-12-10-11-15-26-44-27-16-13-14-25-37(44)41(47)43-40-35(5)23-20-24-36(40)6/h19-24,37H,7-18,25-32H2,1-6H3,(H-,42,43,46,47)/p+1. The molecule has 1 saturated heterocycles. The highest BCUT2D eigenvalue weighted by Gasteiger charge is 2.31. The monoisotopic (exact) mass is 664 g/mol. The van der Waals surface area contributed by atoms with Crippen molar-refractivity contribution in [1.82, 2.24) is 4.90 Å². The molecule has 3 rings (SSSR count). The van der Waals surface area contributed by atoms with Crippen molar-refractivity contribution in [3.63, 3.8) is 0 Å². The lowest BCUT2D eigenvalue weighted by molar-refractivity contribution is -0.921. The van der Waals surface area contributed by atoms with Gasteiger partial charge in [0.25, 0.3) is 5.91 Å². The maximum atomic E-state index is 13.6. The number of hydrogen-bond donors (Lipinski definition) is 2. The number of carbonyl (C=O) groups excluding carboxylic acids is 2. The number of benzene rings is 2. The van der Waals surface area contributed by atoms with Crippen LogP contribution in [0, 0.1) is 27.7 Å². The van der Waals surface area contributed by atoms with Crippen LogP contribution in [-0.4, -0.2) is 79.7 Å². The summed E-state index contributed by atoms with van der Waals surface area (Å²) in [6, 6.07) is 12.3. The van der Waals surface area contributed by atoms with Crippen LogP contribution in [0.4, 0.5) is 11.4 Å². The summed E-state index contributed by atoms with van der Waals surface area (Å²) in [4.78, 5) is 29.5. The minimum Gasteiger partial charge on any atom is -0.376 e. The van der Waals surface area contributed by atoms with Crippen molar-refractivity contribution in [3.8, 4) is 0 Å². The summed E-state index contributed by atoms with van der Waals surface area (Å²) in [5.41, 5.74) is 6.38. The molecule has 1 heterocycles. The van der Waals surface area contributed by atoms with E-state index in [-0.39, 0.29) is 17.9 Å². The molecule has 2 amide bonds. The van der Waals surface area contributed by atoms with E-state index in [0.29, 0.717) is 19.8 Å². The normalized spacial score (nSPS) is 16.7. The fourth-order valence-electron chi connectivity index (χ4n) is 7.41. The van der Waals surface area contributed by atoms with Gasteiger partial charge in [-0.2, -0.15) is 0 Å². The number of ether oxygens (including phenoxy) is 1. The van der Waals surface area contributed by atoms with Gasteiger partial charge in [0, 0.05) is 18.0 Å². The Morgan fingerprint density at radius 1 is 0.750 bits per heavy atom. The predicted molar refractivity (Wildman–Crippen MR) is 202 cm³/mol. The Kier molecular flexibility index (Phi) is 17.7. The summed E-state index contributed by atoms with van der Waals surface area (Å²) < 4.78 is 6.64. The van der Waals surface area contributed by atoms with Crippen LogP contribution in [0.1, 0.15) is 113 Å². The van der Waals surface area contributed by atoms with E-state index in [9.17, 15) is 9.59 Å². The highest BCUT2D eigenvalue weighted by Crippen LogP contribution is 2.24. The zero-order chi connectivity index (χ0) is 34.8. The molecule has 0 radical (unpaired) electrons. The molecule has 2 aromatic carbocycles. The molecule has 0 saturated carbocycles. The van der Waals surface area contributed by atoms with Crippen molar-refractivity contribution in [2.24, 2.45) is 0 Å². The van der Waals surface area contributed by atoms with Crippen LogP contribution in [0.15, 0.2) is 36.4 Å². The summed E-state index contributed by atoms with van der Waals surface area (Å²) in [5.74, 6) is 0.258. The smallest absolute Gasteiger partial charge is 0.279 e. The first-order chi connectivity index (χ1) is 23.2. The molecule has 2 aromatic rings. The Morgan fingerprint density at radius 3 is 1.96 bits per heavy atom. The van der Waals surface area contributed by atoms with Gasteiger partial charge in [-0.05, 0) is 115 Å². The quantitative estimate of drug-likeness (QED) is 0.104.